The lowest BCUT2D eigenvalue weighted by atomic mass is 9.88. The third kappa shape index (κ3) is 1.73. The molecule has 1 heteroatoms. The molecule has 0 radical (unpaired) electrons. The van der Waals surface area contributed by atoms with Gasteiger partial charge in [-0.3, -0.25) is 0 Å². The van der Waals surface area contributed by atoms with Crippen molar-refractivity contribution in [2.45, 2.75) is 31.8 Å². The molecule has 0 unspecified atom stereocenters. The molecule has 0 saturated heterocycles. The molecule has 1 nitrogen and oxygen atoms in total. The lowest BCUT2D eigenvalue weighted by Crippen LogP contribution is -2.16. The minimum absolute atomic E-state index is 0.0744. The van der Waals surface area contributed by atoms with Crippen LogP contribution in [0.25, 0.3) is 0 Å². The van der Waals surface area contributed by atoms with E-state index in [4.69, 9.17) is 11.5 Å². The first-order valence-corrected chi connectivity index (χ1v) is 3.47. The third-order valence-corrected chi connectivity index (χ3v) is 1.93. The van der Waals surface area contributed by atoms with E-state index in [2.05, 4.69) is 5.92 Å². The molecule has 0 aromatic rings. The van der Waals surface area contributed by atoms with Crippen molar-refractivity contribution in [1.29, 1.82) is 0 Å². The number of rotatable bonds is 0. The normalized spacial score (nSPS) is 35.6. The molecule has 0 aromatic carbocycles. The van der Waals surface area contributed by atoms with Gasteiger partial charge in [-0.1, -0.05) is 0 Å². The zero-order valence-corrected chi connectivity index (χ0v) is 5.51. The van der Waals surface area contributed by atoms with Crippen LogP contribution in [0.15, 0.2) is 0 Å². The molecule has 0 amide bonds. The molecule has 9 heavy (non-hydrogen) atoms. The fourth-order valence-corrected chi connectivity index (χ4v) is 1.24. The van der Waals surface area contributed by atoms with Gasteiger partial charge in [0, 0.05) is 5.92 Å². The van der Waals surface area contributed by atoms with Gasteiger partial charge in [-0.15, -0.1) is 12.3 Å². The molecule has 0 aromatic heterocycles. The van der Waals surface area contributed by atoms with Crippen LogP contribution >= 0.6 is 0 Å². The summed E-state index contributed by atoms with van der Waals surface area (Å²) in [6, 6.07) is 0. The molecule has 1 fully saturated rings. The van der Waals surface area contributed by atoms with Gasteiger partial charge in [-0.2, -0.15) is 0 Å². The van der Waals surface area contributed by atoms with Crippen molar-refractivity contribution in [3.8, 4) is 12.3 Å². The second kappa shape index (κ2) is 2.89. The number of aliphatic hydroxyl groups excluding tert-OH is 1. The minimum Gasteiger partial charge on any atom is -0.393 e. The van der Waals surface area contributed by atoms with Crippen LogP contribution in [-0.4, -0.2) is 11.2 Å². The zero-order valence-electron chi connectivity index (χ0n) is 5.51. The van der Waals surface area contributed by atoms with E-state index in [-0.39, 0.29) is 6.10 Å². The van der Waals surface area contributed by atoms with E-state index in [1.165, 1.54) is 0 Å². The number of aliphatic hydroxyl groups is 1. The van der Waals surface area contributed by atoms with Gasteiger partial charge in [0.15, 0.2) is 0 Å². The quantitative estimate of drug-likeness (QED) is 0.481. The average molecular weight is 124 g/mol. The molecule has 1 aliphatic carbocycles. The molecule has 1 aliphatic rings. The first kappa shape index (κ1) is 6.64. The Morgan fingerprint density at radius 2 is 1.78 bits per heavy atom. The monoisotopic (exact) mass is 124 g/mol. The van der Waals surface area contributed by atoms with E-state index >= 15 is 0 Å². The predicted molar refractivity (Wildman–Crippen MR) is 36.8 cm³/mol. The Morgan fingerprint density at radius 3 is 2.22 bits per heavy atom. The first-order valence-electron chi connectivity index (χ1n) is 3.47. The Bertz CT molecular complexity index is 115. The van der Waals surface area contributed by atoms with Crippen LogP contribution in [-0.2, 0) is 0 Å². The summed E-state index contributed by atoms with van der Waals surface area (Å²) in [5.74, 6) is 3.15. The maximum absolute atomic E-state index is 9.05. The van der Waals surface area contributed by atoms with Crippen LogP contribution in [0, 0.1) is 18.3 Å². The Morgan fingerprint density at radius 1 is 1.22 bits per heavy atom. The van der Waals surface area contributed by atoms with Crippen molar-refractivity contribution in [3.63, 3.8) is 0 Å². The zero-order chi connectivity index (χ0) is 6.69. The molecule has 0 spiro atoms. The van der Waals surface area contributed by atoms with Gasteiger partial charge in [0.25, 0.3) is 0 Å². The number of terminal acetylenes is 1. The lowest BCUT2D eigenvalue weighted by molar-refractivity contribution is 0.119. The van der Waals surface area contributed by atoms with Crippen LogP contribution < -0.4 is 0 Å². The fraction of sp³-hybridized carbons (Fsp3) is 0.750. The smallest absolute Gasteiger partial charge is 0.0541 e. The summed E-state index contributed by atoms with van der Waals surface area (Å²) in [6.45, 7) is 0. The largest absolute Gasteiger partial charge is 0.393 e. The standard InChI is InChI=1S/C8H12O/c1-2-7-3-5-8(9)6-4-7/h1,7-9H,3-6H2. The molecule has 0 atom stereocenters. The van der Waals surface area contributed by atoms with Crippen molar-refractivity contribution in [3.05, 3.63) is 0 Å². The van der Waals surface area contributed by atoms with E-state index in [9.17, 15) is 0 Å². The predicted octanol–water partition coefficient (Wildman–Crippen LogP) is 1.17. The van der Waals surface area contributed by atoms with Crippen molar-refractivity contribution in [1.82, 2.24) is 0 Å². The van der Waals surface area contributed by atoms with Crippen LogP contribution in [0.4, 0.5) is 0 Å². The van der Waals surface area contributed by atoms with Gasteiger partial charge in [0.05, 0.1) is 6.10 Å². The highest BCUT2D eigenvalue weighted by molar-refractivity contribution is 4.95. The molecular weight excluding hydrogens is 112 g/mol. The van der Waals surface area contributed by atoms with Crippen molar-refractivity contribution in [2.24, 2.45) is 5.92 Å². The molecule has 0 bridgehead atoms. The second-order valence-electron chi connectivity index (χ2n) is 2.67. The van der Waals surface area contributed by atoms with Gasteiger partial charge < -0.3 is 5.11 Å². The Kier molecular flexibility index (Phi) is 2.13. The van der Waals surface area contributed by atoms with Gasteiger partial charge >= 0.3 is 0 Å². The van der Waals surface area contributed by atoms with Gasteiger partial charge in [-0.05, 0) is 25.7 Å². The second-order valence-corrected chi connectivity index (χ2v) is 2.67. The Labute approximate surface area is 56.1 Å². The fourth-order valence-electron chi connectivity index (χ4n) is 1.24. The maximum atomic E-state index is 9.05. The summed E-state index contributed by atoms with van der Waals surface area (Å²) in [5.41, 5.74) is 0. The molecule has 1 rings (SSSR count). The third-order valence-electron chi connectivity index (χ3n) is 1.93. The molecule has 0 aliphatic heterocycles. The highest BCUT2D eigenvalue weighted by atomic mass is 16.3. The van der Waals surface area contributed by atoms with E-state index in [1.54, 1.807) is 0 Å². The topological polar surface area (TPSA) is 20.2 Å². The first-order chi connectivity index (χ1) is 4.33. The summed E-state index contributed by atoms with van der Waals surface area (Å²) in [7, 11) is 0. The number of hydrogen-bond acceptors (Lipinski definition) is 1. The Balaban J connectivity index is 2.28. The van der Waals surface area contributed by atoms with Gasteiger partial charge in [0.2, 0.25) is 0 Å². The molecular formula is C8H12O. The lowest BCUT2D eigenvalue weighted by Gasteiger charge is -2.20. The molecule has 1 saturated carbocycles. The van der Waals surface area contributed by atoms with Crippen molar-refractivity contribution in [2.75, 3.05) is 0 Å². The summed E-state index contributed by atoms with van der Waals surface area (Å²) >= 11 is 0. The summed E-state index contributed by atoms with van der Waals surface area (Å²) < 4.78 is 0. The van der Waals surface area contributed by atoms with Crippen LogP contribution in [0.1, 0.15) is 25.7 Å². The summed E-state index contributed by atoms with van der Waals surface area (Å²) in [6.07, 6.45) is 8.96. The van der Waals surface area contributed by atoms with Gasteiger partial charge in [0.1, 0.15) is 0 Å². The van der Waals surface area contributed by atoms with Crippen LogP contribution in [0.5, 0.6) is 0 Å². The van der Waals surface area contributed by atoms with Crippen LogP contribution in [0.3, 0.4) is 0 Å². The molecule has 1 N–H and O–H groups in total. The van der Waals surface area contributed by atoms with Gasteiger partial charge in [-0.25, -0.2) is 0 Å². The van der Waals surface area contributed by atoms with E-state index in [0.717, 1.165) is 25.7 Å². The van der Waals surface area contributed by atoms with Crippen molar-refractivity contribution >= 4 is 0 Å². The highest BCUT2D eigenvalue weighted by Gasteiger charge is 2.16. The summed E-state index contributed by atoms with van der Waals surface area (Å²) in [4.78, 5) is 0. The maximum Gasteiger partial charge on any atom is 0.0541 e. The van der Waals surface area contributed by atoms with E-state index in [1.807, 2.05) is 0 Å². The number of hydrogen-bond donors (Lipinski definition) is 1. The van der Waals surface area contributed by atoms with E-state index < -0.39 is 0 Å². The highest BCUT2D eigenvalue weighted by Crippen LogP contribution is 2.22. The Hall–Kier alpha value is -0.480. The van der Waals surface area contributed by atoms with Crippen LogP contribution in [0.2, 0.25) is 0 Å². The molecule has 0 heterocycles. The SMILES string of the molecule is C#CC1CCC(O)CC1. The van der Waals surface area contributed by atoms with E-state index in [0.29, 0.717) is 5.92 Å². The van der Waals surface area contributed by atoms with Crippen molar-refractivity contribution < 1.29 is 5.11 Å². The molecule has 50 valence electrons. The minimum atomic E-state index is -0.0744. The summed E-state index contributed by atoms with van der Waals surface area (Å²) in [5, 5.41) is 9.05. The average Bonchev–Trinajstić information content (AvgIpc) is 1.90.